The van der Waals surface area contributed by atoms with Crippen molar-refractivity contribution in [3.8, 4) is 0 Å². The summed E-state index contributed by atoms with van der Waals surface area (Å²) in [6.45, 7) is 7.09. The Morgan fingerprint density at radius 1 is 0.806 bits per heavy atom. The fraction of sp³-hybridized carbons (Fsp3) is 0.533. The third-order valence-electron chi connectivity index (χ3n) is 7.40. The van der Waals surface area contributed by atoms with Crippen LogP contribution < -0.4 is 15.1 Å². The zero-order chi connectivity index (χ0) is 25.2. The molecule has 2 heterocycles. The lowest BCUT2D eigenvalue weighted by Gasteiger charge is -2.29. The Hall–Kier alpha value is -2.86. The Morgan fingerprint density at radius 3 is 2.31 bits per heavy atom. The number of hydrogen-bond donors (Lipinski definition) is 1. The van der Waals surface area contributed by atoms with Crippen molar-refractivity contribution in [1.29, 1.82) is 0 Å². The number of amides is 2. The molecule has 2 amide bonds. The fourth-order valence-corrected chi connectivity index (χ4v) is 5.42. The summed E-state index contributed by atoms with van der Waals surface area (Å²) in [7, 11) is 0. The van der Waals surface area contributed by atoms with Crippen molar-refractivity contribution in [3.63, 3.8) is 0 Å². The molecule has 1 N–H and O–H groups in total. The molecule has 2 aliphatic rings. The van der Waals surface area contributed by atoms with Crippen LogP contribution >= 0.6 is 0 Å². The zero-order valence-corrected chi connectivity index (χ0v) is 21.9. The number of para-hydroxylation sites is 1. The molecule has 0 aromatic heterocycles. The van der Waals surface area contributed by atoms with Crippen molar-refractivity contribution in [2.24, 2.45) is 0 Å². The van der Waals surface area contributed by atoms with E-state index in [2.05, 4.69) is 45.4 Å². The van der Waals surface area contributed by atoms with Gasteiger partial charge < -0.3 is 15.1 Å². The van der Waals surface area contributed by atoms with Gasteiger partial charge in [0.05, 0.1) is 6.54 Å². The molecule has 0 aliphatic carbocycles. The number of carbonyl (C=O) groups is 2. The van der Waals surface area contributed by atoms with Gasteiger partial charge in [0.15, 0.2) is 0 Å². The number of nitrogens with one attached hydrogen (secondary N) is 1. The van der Waals surface area contributed by atoms with Crippen LogP contribution in [-0.2, 0) is 22.7 Å². The van der Waals surface area contributed by atoms with Gasteiger partial charge in [0.25, 0.3) is 0 Å². The van der Waals surface area contributed by atoms with Crippen molar-refractivity contribution in [3.05, 3.63) is 59.7 Å². The minimum atomic E-state index is 0.0476. The first-order chi connectivity index (χ1) is 17.6. The van der Waals surface area contributed by atoms with Gasteiger partial charge in [-0.15, -0.1) is 0 Å². The SMILES string of the molecule is CC(=O)N1CCCCCCCN(CC(=O)NCc2cccc(N3CCCCC3)c2)Cc2ccccc21. The summed E-state index contributed by atoms with van der Waals surface area (Å²) < 4.78 is 0. The summed E-state index contributed by atoms with van der Waals surface area (Å²) in [6.07, 6.45) is 9.39. The van der Waals surface area contributed by atoms with E-state index in [4.69, 9.17) is 0 Å². The van der Waals surface area contributed by atoms with Crippen molar-refractivity contribution in [2.45, 2.75) is 71.4 Å². The maximum Gasteiger partial charge on any atom is 0.234 e. The van der Waals surface area contributed by atoms with Crippen molar-refractivity contribution < 1.29 is 9.59 Å². The van der Waals surface area contributed by atoms with Crippen LogP contribution in [0.2, 0.25) is 0 Å². The second-order valence-electron chi connectivity index (χ2n) is 10.3. The van der Waals surface area contributed by atoms with Gasteiger partial charge in [0.2, 0.25) is 11.8 Å². The fourth-order valence-electron chi connectivity index (χ4n) is 5.42. The van der Waals surface area contributed by atoms with Crippen molar-refractivity contribution >= 4 is 23.2 Å². The van der Waals surface area contributed by atoms with Crippen LogP contribution in [0.15, 0.2) is 48.5 Å². The van der Waals surface area contributed by atoms with Gasteiger partial charge in [-0.1, -0.05) is 49.6 Å². The Balaban J connectivity index is 1.39. The summed E-state index contributed by atoms with van der Waals surface area (Å²) in [5.74, 6) is 0.127. The monoisotopic (exact) mass is 490 g/mol. The maximum atomic E-state index is 13.0. The van der Waals surface area contributed by atoms with Crippen LogP contribution in [0.4, 0.5) is 11.4 Å². The van der Waals surface area contributed by atoms with E-state index in [0.29, 0.717) is 19.6 Å². The first-order valence-corrected chi connectivity index (χ1v) is 13.8. The molecule has 0 bridgehead atoms. The zero-order valence-electron chi connectivity index (χ0n) is 21.9. The Morgan fingerprint density at radius 2 is 1.50 bits per heavy atom. The van der Waals surface area contributed by atoms with E-state index >= 15 is 0 Å². The van der Waals surface area contributed by atoms with Crippen LogP contribution in [0.5, 0.6) is 0 Å². The third kappa shape index (κ3) is 7.57. The lowest BCUT2D eigenvalue weighted by Crippen LogP contribution is -2.38. The normalized spacial score (nSPS) is 18.0. The van der Waals surface area contributed by atoms with Gasteiger partial charge in [-0.05, 0) is 68.0 Å². The average molecular weight is 491 g/mol. The molecule has 0 saturated carbocycles. The van der Waals surface area contributed by atoms with Crippen LogP contribution in [0.3, 0.4) is 0 Å². The van der Waals surface area contributed by atoms with E-state index in [1.54, 1.807) is 6.92 Å². The van der Waals surface area contributed by atoms with E-state index < -0.39 is 0 Å². The standard InChI is InChI=1S/C30H42N4O2/c1-25(35)34-20-11-4-2-3-8-17-32(23-27-14-6-7-16-29(27)34)24-30(36)31-22-26-13-12-15-28(21-26)33-18-9-5-10-19-33/h6-7,12-16,21H,2-5,8-11,17-20,22-24H2,1H3,(H,31,36). The minimum absolute atomic E-state index is 0.0476. The van der Waals surface area contributed by atoms with Gasteiger partial charge >= 0.3 is 0 Å². The third-order valence-corrected chi connectivity index (χ3v) is 7.40. The number of benzene rings is 2. The topological polar surface area (TPSA) is 55.9 Å². The van der Waals surface area contributed by atoms with Gasteiger partial charge in [-0.25, -0.2) is 0 Å². The Kier molecular flexibility index (Phi) is 9.79. The first-order valence-electron chi connectivity index (χ1n) is 13.8. The lowest BCUT2D eigenvalue weighted by atomic mass is 10.1. The quantitative estimate of drug-likeness (QED) is 0.633. The van der Waals surface area contributed by atoms with Gasteiger partial charge in [-0.2, -0.15) is 0 Å². The highest BCUT2D eigenvalue weighted by molar-refractivity contribution is 5.92. The molecule has 6 nitrogen and oxygen atoms in total. The summed E-state index contributed by atoms with van der Waals surface area (Å²) in [6, 6.07) is 16.7. The molecule has 2 aromatic rings. The lowest BCUT2D eigenvalue weighted by molar-refractivity contribution is -0.122. The second-order valence-corrected chi connectivity index (χ2v) is 10.3. The highest BCUT2D eigenvalue weighted by atomic mass is 16.2. The number of piperidine rings is 1. The molecular formula is C30H42N4O2. The predicted molar refractivity (Wildman–Crippen MR) is 147 cm³/mol. The molecule has 194 valence electrons. The van der Waals surface area contributed by atoms with Gasteiger partial charge in [-0.3, -0.25) is 14.5 Å². The van der Waals surface area contributed by atoms with Gasteiger partial charge in [0, 0.05) is 51.0 Å². The van der Waals surface area contributed by atoms with E-state index in [1.807, 2.05) is 23.1 Å². The number of carbonyl (C=O) groups excluding carboxylic acids is 2. The number of hydrogen-bond acceptors (Lipinski definition) is 4. The first kappa shape index (κ1) is 26.2. The second kappa shape index (κ2) is 13.4. The van der Waals surface area contributed by atoms with Crippen LogP contribution in [-0.4, -0.2) is 49.4 Å². The maximum absolute atomic E-state index is 13.0. The molecule has 1 saturated heterocycles. The molecule has 6 heteroatoms. The van der Waals surface area contributed by atoms with Crippen LogP contribution in [0, 0.1) is 0 Å². The highest BCUT2D eigenvalue weighted by Gasteiger charge is 2.19. The highest BCUT2D eigenvalue weighted by Crippen LogP contribution is 2.24. The smallest absolute Gasteiger partial charge is 0.234 e. The molecule has 2 aliphatic heterocycles. The van der Waals surface area contributed by atoms with Crippen molar-refractivity contribution in [2.75, 3.05) is 42.5 Å². The molecule has 1 fully saturated rings. The molecular weight excluding hydrogens is 448 g/mol. The van der Waals surface area contributed by atoms with E-state index in [1.165, 1.54) is 31.4 Å². The molecule has 4 rings (SSSR count). The number of nitrogens with zero attached hydrogens (tertiary/aromatic N) is 3. The molecule has 0 atom stereocenters. The molecule has 0 spiro atoms. The summed E-state index contributed by atoms with van der Waals surface area (Å²) in [5, 5.41) is 3.15. The van der Waals surface area contributed by atoms with E-state index in [9.17, 15) is 9.59 Å². The average Bonchev–Trinajstić information content (AvgIpc) is 2.89. The molecule has 0 radical (unpaired) electrons. The molecule has 2 aromatic carbocycles. The van der Waals surface area contributed by atoms with E-state index in [0.717, 1.165) is 68.7 Å². The number of rotatable bonds is 5. The minimum Gasteiger partial charge on any atom is -0.372 e. The van der Waals surface area contributed by atoms with Crippen LogP contribution in [0.25, 0.3) is 0 Å². The largest absolute Gasteiger partial charge is 0.372 e. The number of anilines is 2. The molecule has 0 unspecified atom stereocenters. The summed E-state index contributed by atoms with van der Waals surface area (Å²) >= 11 is 0. The van der Waals surface area contributed by atoms with Crippen LogP contribution in [0.1, 0.15) is 69.4 Å². The van der Waals surface area contributed by atoms with Crippen molar-refractivity contribution in [1.82, 2.24) is 10.2 Å². The van der Waals surface area contributed by atoms with Gasteiger partial charge in [0.1, 0.15) is 0 Å². The van der Waals surface area contributed by atoms with E-state index in [-0.39, 0.29) is 11.8 Å². The molecule has 36 heavy (non-hydrogen) atoms. The summed E-state index contributed by atoms with van der Waals surface area (Å²) in [4.78, 5) is 32.0. The Labute approximate surface area is 216 Å². The number of fused-ring (bicyclic) bond motifs is 1. The Bertz CT molecular complexity index is 1000. The predicted octanol–water partition coefficient (Wildman–Crippen LogP) is 5.11. The summed E-state index contributed by atoms with van der Waals surface area (Å²) in [5.41, 5.74) is 4.49.